The van der Waals surface area contributed by atoms with Gasteiger partial charge in [0, 0.05) is 18.5 Å². The fraction of sp³-hybridized carbons (Fsp3) is 0.500. The predicted octanol–water partition coefficient (Wildman–Crippen LogP) is 5.37. The Kier molecular flexibility index (Phi) is 6.79. The molecular weight excluding hydrogens is 412 g/mol. The molecule has 1 aliphatic carbocycles. The Hall–Kier alpha value is -2.47. The molecule has 6 heteroatoms. The number of hydrogen-bond acceptors (Lipinski definition) is 4. The van der Waals surface area contributed by atoms with Crippen LogP contribution in [0, 0.1) is 11.7 Å². The minimum absolute atomic E-state index is 0.0944. The molecular formula is C26H31F2NO3. The largest absolute Gasteiger partial charge is 0.490 e. The maximum absolute atomic E-state index is 15.9. The quantitative estimate of drug-likeness (QED) is 0.550. The third-order valence-corrected chi connectivity index (χ3v) is 6.51. The minimum Gasteiger partial charge on any atom is -0.490 e. The van der Waals surface area contributed by atoms with Crippen LogP contribution in [0.3, 0.4) is 0 Å². The first kappa shape index (κ1) is 22.7. The van der Waals surface area contributed by atoms with E-state index in [4.69, 9.17) is 9.47 Å². The van der Waals surface area contributed by atoms with E-state index >= 15 is 4.39 Å². The number of halogens is 2. The minimum atomic E-state index is -1.87. The van der Waals surface area contributed by atoms with E-state index in [9.17, 15) is 9.18 Å². The fourth-order valence-electron chi connectivity index (χ4n) is 4.98. The molecule has 2 aliphatic rings. The van der Waals surface area contributed by atoms with Gasteiger partial charge in [-0.3, -0.25) is 9.69 Å². The van der Waals surface area contributed by atoms with Crippen LogP contribution >= 0.6 is 0 Å². The van der Waals surface area contributed by atoms with E-state index < -0.39 is 11.5 Å². The molecule has 0 radical (unpaired) electrons. The standard InChI is InChI=1S/C26H31F2NO3/c1-3-31-23-13-20-16-26(28,25(30)22(20)14-24(23)32-4-2)15-18-8-10-29(11-9-18)17-19-6-5-7-21(27)12-19/h5-7,12-14,18H,3-4,8-11,15-17H2,1-2H3. The topological polar surface area (TPSA) is 38.8 Å². The number of ether oxygens (including phenoxy) is 2. The summed E-state index contributed by atoms with van der Waals surface area (Å²) >= 11 is 0. The SMILES string of the molecule is CCOc1cc2c(cc1OCC)C(=O)C(F)(CC1CCN(Cc3cccc(F)c3)CC1)C2. The van der Waals surface area contributed by atoms with Crippen molar-refractivity contribution < 1.29 is 23.0 Å². The molecule has 1 fully saturated rings. The Labute approximate surface area is 188 Å². The van der Waals surface area contributed by atoms with Crippen LogP contribution in [-0.4, -0.2) is 42.7 Å². The van der Waals surface area contributed by atoms with Crippen LogP contribution in [0.25, 0.3) is 0 Å². The maximum atomic E-state index is 15.9. The van der Waals surface area contributed by atoms with Gasteiger partial charge in [0.1, 0.15) is 5.82 Å². The molecule has 1 saturated heterocycles. The number of fused-ring (bicyclic) bond motifs is 1. The van der Waals surface area contributed by atoms with Crippen molar-refractivity contribution in [2.45, 2.75) is 51.7 Å². The lowest BCUT2D eigenvalue weighted by Gasteiger charge is -2.34. The summed E-state index contributed by atoms with van der Waals surface area (Å²) in [5.41, 5.74) is 0.199. The molecule has 0 bridgehead atoms. The van der Waals surface area contributed by atoms with Crippen LogP contribution < -0.4 is 9.47 Å². The maximum Gasteiger partial charge on any atom is 0.200 e. The summed E-state index contributed by atoms with van der Waals surface area (Å²) in [5, 5.41) is 0. The van der Waals surface area contributed by atoms with Crippen molar-refractivity contribution in [2.24, 2.45) is 5.92 Å². The Morgan fingerprint density at radius 3 is 2.41 bits per heavy atom. The molecule has 32 heavy (non-hydrogen) atoms. The van der Waals surface area contributed by atoms with Gasteiger partial charge in [-0.1, -0.05) is 12.1 Å². The van der Waals surface area contributed by atoms with E-state index in [-0.39, 0.29) is 24.6 Å². The lowest BCUT2D eigenvalue weighted by atomic mass is 9.83. The molecule has 1 heterocycles. The van der Waals surface area contributed by atoms with Gasteiger partial charge in [0.15, 0.2) is 17.2 Å². The van der Waals surface area contributed by atoms with E-state index in [0.717, 1.165) is 31.5 Å². The lowest BCUT2D eigenvalue weighted by molar-refractivity contribution is 0.0587. The summed E-state index contributed by atoms with van der Waals surface area (Å²) < 4.78 is 40.6. The van der Waals surface area contributed by atoms with E-state index in [1.165, 1.54) is 6.07 Å². The van der Waals surface area contributed by atoms with Crippen molar-refractivity contribution in [1.82, 2.24) is 4.90 Å². The van der Waals surface area contributed by atoms with E-state index in [1.807, 2.05) is 19.9 Å². The molecule has 1 atom stereocenters. The summed E-state index contributed by atoms with van der Waals surface area (Å²) in [4.78, 5) is 15.3. The highest BCUT2D eigenvalue weighted by Gasteiger charge is 2.48. The van der Waals surface area contributed by atoms with Crippen molar-refractivity contribution in [3.63, 3.8) is 0 Å². The van der Waals surface area contributed by atoms with Crippen LogP contribution in [0.15, 0.2) is 36.4 Å². The molecule has 172 valence electrons. The third-order valence-electron chi connectivity index (χ3n) is 6.51. The summed E-state index contributed by atoms with van der Waals surface area (Å²) in [6.45, 7) is 7.00. The fourth-order valence-corrected chi connectivity index (χ4v) is 4.98. The van der Waals surface area contributed by atoms with Gasteiger partial charge in [-0.2, -0.15) is 0 Å². The van der Waals surface area contributed by atoms with E-state index in [1.54, 1.807) is 24.3 Å². The number of benzene rings is 2. The molecule has 1 aliphatic heterocycles. The molecule has 2 aromatic carbocycles. The molecule has 0 amide bonds. The third kappa shape index (κ3) is 4.80. The summed E-state index contributed by atoms with van der Waals surface area (Å²) in [6, 6.07) is 10.1. The lowest BCUT2D eigenvalue weighted by Crippen LogP contribution is -2.38. The number of piperidine rings is 1. The first-order valence-electron chi connectivity index (χ1n) is 11.5. The highest BCUT2D eigenvalue weighted by molar-refractivity contribution is 6.07. The van der Waals surface area contributed by atoms with Gasteiger partial charge in [-0.25, -0.2) is 8.78 Å². The van der Waals surface area contributed by atoms with Crippen molar-refractivity contribution in [2.75, 3.05) is 26.3 Å². The van der Waals surface area contributed by atoms with Gasteiger partial charge < -0.3 is 9.47 Å². The van der Waals surface area contributed by atoms with Gasteiger partial charge in [-0.05, 0) is 87.5 Å². The highest BCUT2D eigenvalue weighted by Crippen LogP contribution is 2.43. The monoisotopic (exact) mass is 443 g/mol. The Balaban J connectivity index is 1.39. The molecule has 0 spiro atoms. The summed E-state index contributed by atoms with van der Waals surface area (Å²) in [7, 11) is 0. The second-order valence-corrected chi connectivity index (χ2v) is 8.85. The molecule has 1 unspecified atom stereocenters. The second-order valence-electron chi connectivity index (χ2n) is 8.85. The first-order valence-corrected chi connectivity index (χ1v) is 11.5. The van der Waals surface area contributed by atoms with Gasteiger partial charge in [0.05, 0.1) is 13.2 Å². The number of ketones is 1. The number of carbonyl (C=O) groups is 1. The van der Waals surface area contributed by atoms with Crippen LogP contribution in [-0.2, 0) is 13.0 Å². The normalized spacial score (nSPS) is 21.6. The van der Waals surface area contributed by atoms with Gasteiger partial charge in [-0.15, -0.1) is 0 Å². The zero-order chi connectivity index (χ0) is 22.7. The van der Waals surface area contributed by atoms with Gasteiger partial charge in [0.2, 0.25) is 5.78 Å². The van der Waals surface area contributed by atoms with Crippen molar-refractivity contribution in [1.29, 1.82) is 0 Å². The van der Waals surface area contributed by atoms with Crippen LogP contribution in [0.2, 0.25) is 0 Å². The smallest absolute Gasteiger partial charge is 0.200 e. The number of alkyl halides is 1. The van der Waals surface area contributed by atoms with Gasteiger partial charge in [0.25, 0.3) is 0 Å². The summed E-state index contributed by atoms with van der Waals surface area (Å²) in [6.07, 6.45) is 2.00. The van der Waals surface area contributed by atoms with Gasteiger partial charge >= 0.3 is 0 Å². The molecule has 0 N–H and O–H groups in total. The Morgan fingerprint density at radius 2 is 1.75 bits per heavy atom. The highest BCUT2D eigenvalue weighted by atomic mass is 19.1. The van der Waals surface area contributed by atoms with E-state index in [0.29, 0.717) is 42.4 Å². The number of nitrogens with zero attached hydrogens (tertiary/aromatic N) is 1. The molecule has 0 saturated carbocycles. The van der Waals surface area contributed by atoms with Crippen molar-refractivity contribution >= 4 is 5.78 Å². The second kappa shape index (κ2) is 9.57. The van der Waals surface area contributed by atoms with E-state index in [2.05, 4.69) is 4.90 Å². The average molecular weight is 444 g/mol. The Bertz CT molecular complexity index is 972. The van der Waals surface area contributed by atoms with Crippen molar-refractivity contribution in [3.8, 4) is 11.5 Å². The zero-order valence-corrected chi connectivity index (χ0v) is 18.8. The summed E-state index contributed by atoms with van der Waals surface area (Å²) in [5.74, 6) is 0.557. The molecule has 4 rings (SSSR count). The number of likely N-dealkylation sites (tertiary alicyclic amines) is 1. The van der Waals surface area contributed by atoms with Crippen molar-refractivity contribution in [3.05, 3.63) is 58.9 Å². The molecule has 4 nitrogen and oxygen atoms in total. The molecule has 0 aromatic heterocycles. The first-order chi connectivity index (χ1) is 15.4. The number of rotatable bonds is 8. The van der Waals surface area contributed by atoms with Crippen LogP contribution in [0.4, 0.5) is 8.78 Å². The van der Waals surface area contributed by atoms with Crippen LogP contribution in [0.1, 0.15) is 54.6 Å². The predicted molar refractivity (Wildman–Crippen MR) is 120 cm³/mol. The Morgan fingerprint density at radius 1 is 1.06 bits per heavy atom. The molecule has 2 aromatic rings. The number of hydrogen-bond donors (Lipinski definition) is 0. The number of Topliss-reactive ketones (excluding diaryl/α,β-unsaturated/α-hetero) is 1. The zero-order valence-electron chi connectivity index (χ0n) is 18.8. The number of carbonyl (C=O) groups excluding carboxylic acids is 1. The van der Waals surface area contributed by atoms with Crippen LogP contribution in [0.5, 0.6) is 11.5 Å². The average Bonchev–Trinajstić information content (AvgIpc) is 3.00.